The highest BCUT2D eigenvalue weighted by Gasteiger charge is 2.14. The summed E-state index contributed by atoms with van der Waals surface area (Å²) in [7, 11) is 0. The van der Waals surface area contributed by atoms with Gasteiger partial charge in [-0.05, 0) is 63.8 Å². The van der Waals surface area contributed by atoms with E-state index in [4.69, 9.17) is 0 Å². The van der Waals surface area contributed by atoms with Crippen LogP contribution in [0.15, 0.2) is 24.3 Å². The fourth-order valence-corrected chi connectivity index (χ4v) is 2.06. The van der Waals surface area contributed by atoms with E-state index in [1.54, 1.807) is 6.07 Å². The minimum Gasteiger partial charge on any atom is -0.508 e. The van der Waals surface area contributed by atoms with E-state index in [0.29, 0.717) is 18.1 Å². The van der Waals surface area contributed by atoms with Gasteiger partial charge in [0.2, 0.25) is 0 Å². The molecule has 112 valence electrons. The highest BCUT2D eigenvalue weighted by atomic mass is 16.5. The number of ether oxygens (including phenoxy) is 1. The Morgan fingerprint density at radius 3 is 2.60 bits per heavy atom. The monoisotopic (exact) mass is 279 g/mol. The van der Waals surface area contributed by atoms with Gasteiger partial charge < -0.3 is 15.2 Å². The molecule has 1 aromatic rings. The molecule has 1 saturated heterocycles. The van der Waals surface area contributed by atoms with Gasteiger partial charge in [-0.15, -0.1) is 0 Å². The van der Waals surface area contributed by atoms with Crippen molar-refractivity contribution in [1.29, 1.82) is 0 Å². The molecule has 1 aromatic carbocycles. The van der Waals surface area contributed by atoms with E-state index in [-0.39, 0.29) is 5.60 Å². The molecule has 20 heavy (non-hydrogen) atoms. The van der Waals surface area contributed by atoms with E-state index in [9.17, 15) is 9.90 Å². The number of aromatic hydroxyl groups is 1. The highest BCUT2D eigenvalue weighted by molar-refractivity contribution is 5.37. The lowest BCUT2D eigenvalue weighted by Gasteiger charge is -2.23. The number of hydrogen-bond acceptors (Lipinski definition) is 4. The number of benzene rings is 1. The number of hydrogen-bond donors (Lipinski definition) is 2. The molecule has 0 aliphatic carbocycles. The quantitative estimate of drug-likeness (QED) is 0.817. The summed E-state index contributed by atoms with van der Waals surface area (Å²) < 4.78 is 4.55. The molecule has 0 spiro atoms. The van der Waals surface area contributed by atoms with Gasteiger partial charge in [-0.3, -0.25) is 4.79 Å². The van der Waals surface area contributed by atoms with Crippen molar-refractivity contribution < 1.29 is 14.6 Å². The van der Waals surface area contributed by atoms with Gasteiger partial charge in [0.05, 0.1) is 0 Å². The molecular weight excluding hydrogens is 254 g/mol. The van der Waals surface area contributed by atoms with Crippen LogP contribution in [0.25, 0.3) is 0 Å². The van der Waals surface area contributed by atoms with Crippen LogP contribution in [0.2, 0.25) is 0 Å². The summed E-state index contributed by atoms with van der Waals surface area (Å²) in [6.45, 7) is 8.10. The molecule has 0 amide bonds. The Labute approximate surface area is 121 Å². The van der Waals surface area contributed by atoms with E-state index >= 15 is 0 Å². The summed E-state index contributed by atoms with van der Waals surface area (Å²) in [6.07, 6.45) is 2.47. The molecule has 0 saturated carbocycles. The molecule has 1 unspecified atom stereocenters. The van der Waals surface area contributed by atoms with Crippen molar-refractivity contribution in [3.05, 3.63) is 29.8 Å². The fraction of sp³-hybridized carbons (Fsp3) is 0.562. The zero-order valence-corrected chi connectivity index (χ0v) is 12.6. The van der Waals surface area contributed by atoms with Crippen LogP contribution in [-0.4, -0.2) is 30.3 Å². The van der Waals surface area contributed by atoms with Crippen molar-refractivity contribution in [2.24, 2.45) is 0 Å². The van der Waals surface area contributed by atoms with Crippen LogP contribution in [0.4, 0.5) is 0 Å². The molecule has 2 N–H and O–H groups in total. The van der Waals surface area contributed by atoms with Gasteiger partial charge in [-0.25, -0.2) is 0 Å². The van der Waals surface area contributed by atoms with Crippen molar-refractivity contribution in [3.8, 4) is 5.75 Å². The normalized spacial score (nSPS) is 18.6. The van der Waals surface area contributed by atoms with E-state index in [0.717, 1.165) is 13.1 Å². The van der Waals surface area contributed by atoms with Crippen LogP contribution in [-0.2, 0) is 9.53 Å². The molecule has 1 fully saturated rings. The van der Waals surface area contributed by atoms with Crippen LogP contribution in [0.3, 0.4) is 0 Å². The van der Waals surface area contributed by atoms with Gasteiger partial charge in [0.15, 0.2) is 0 Å². The van der Waals surface area contributed by atoms with Crippen molar-refractivity contribution in [2.75, 3.05) is 13.1 Å². The topological polar surface area (TPSA) is 58.6 Å². The Morgan fingerprint density at radius 2 is 2.15 bits per heavy atom. The van der Waals surface area contributed by atoms with E-state index in [1.165, 1.54) is 18.4 Å². The summed E-state index contributed by atoms with van der Waals surface area (Å²) in [5.74, 6) is 0.962. The van der Waals surface area contributed by atoms with E-state index in [2.05, 4.69) is 16.1 Å². The molecule has 1 atom stereocenters. The zero-order chi connectivity index (χ0) is 15.0. The van der Waals surface area contributed by atoms with Gasteiger partial charge in [-0.1, -0.05) is 12.1 Å². The average Bonchev–Trinajstić information content (AvgIpc) is 2.39. The summed E-state index contributed by atoms with van der Waals surface area (Å²) in [5, 5.41) is 12.7. The number of piperidine rings is 1. The highest BCUT2D eigenvalue weighted by Crippen LogP contribution is 2.25. The SMILES string of the molecule is CC(C)(C)OC=O.Oc1cccc(C2CCCNC2)c1. The molecular formula is C16H25NO3. The number of nitrogens with one attached hydrogen (secondary N) is 1. The van der Waals surface area contributed by atoms with E-state index < -0.39 is 0 Å². The lowest BCUT2D eigenvalue weighted by atomic mass is 9.92. The van der Waals surface area contributed by atoms with Crippen LogP contribution < -0.4 is 5.32 Å². The molecule has 1 heterocycles. The van der Waals surface area contributed by atoms with Gasteiger partial charge in [0.1, 0.15) is 11.4 Å². The lowest BCUT2D eigenvalue weighted by Crippen LogP contribution is -2.28. The smallest absolute Gasteiger partial charge is 0.293 e. The number of carbonyl (C=O) groups excluding carboxylic acids is 1. The Bertz CT molecular complexity index is 406. The first-order chi connectivity index (χ1) is 9.42. The minimum absolute atomic E-state index is 0.318. The van der Waals surface area contributed by atoms with Crippen LogP contribution in [0.5, 0.6) is 5.75 Å². The third-order valence-corrected chi connectivity index (χ3v) is 3.04. The van der Waals surface area contributed by atoms with Gasteiger partial charge in [0.25, 0.3) is 6.47 Å². The van der Waals surface area contributed by atoms with Crippen molar-refractivity contribution >= 4 is 6.47 Å². The predicted molar refractivity (Wildman–Crippen MR) is 79.9 cm³/mol. The van der Waals surface area contributed by atoms with Gasteiger partial charge >= 0.3 is 0 Å². The average molecular weight is 279 g/mol. The van der Waals surface area contributed by atoms with Crippen molar-refractivity contribution in [2.45, 2.75) is 45.1 Å². The zero-order valence-electron chi connectivity index (χ0n) is 12.6. The first kappa shape index (κ1) is 16.5. The van der Waals surface area contributed by atoms with E-state index in [1.807, 2.05) is 32.9 Å². The maximum atomic E-state index is 9.60. The van der Waals surface area contributed by atoms with Crippen molar-refractivity contribution in [1.82, 2.24) is 5.32 Å². The number of rotatable bonds is 2. The first-order valence-electron chi connectivity index (χ1n) is 7.03. The molecule has 4 heteroatoms. The number of phenols is 1. The molecule has 0 bridgehead atoms. The van der Waals surface area contributed by atoms with Crippen molar-refractivity contribution in [3.63, 3.8) is 0 Å². The molecule has 1 aliphatic rings. The van der Waals surface area contributed by atoms with Crippen LogP contribution >= 0.6 is 0 Å². The molecule has 2 rings (SSSR count). The number of carbonyl (C=O) groups is 1. The summed E-state index contributed by atoms with van der Waals surface area (Å²) in [4.78, 5) is 9.60. The minimum atomic E-state index is -0.318. The molecule has 1 aliphatic heterocycles. The first-order valence-corrected chi connectivity index (χ1v) is 7.03. The van der Waals surface area contributed by atoms with Gasteiger partial charge in [-0.2, -0.15) is 0 Å². The third kappa shape index (κ3) is 6.57. The fourth-order valence-electron chi connectivity index (χ4n) is 2.06. The van der Waals surface area contributed by atoms with Crippen LogP contribution in [0, 0.1) is 0 Å². The standard InChI is InChI=1S/C11H15NO.C5H10O2/c13-11-5-1-3-9(7-11)10-4-2-6-12-8-10;1-5(2,3)7-4-6/h1,3,5,7,10,12-13H,2,4,6,8H2;4H,1-3H3. The predicted octanol–water partition coefficient (Wildman–Crippen LogP) is 2.82. The summed E-state index contributed by atoms with van der Waals surface area (Å²) in [5.41, 5.74) is 0.939. The third-order valence-electron chi connectivity index (χ3n) is 3.04. The second-order valence-electron chi connectivity index (χ2n) is 5.96. The summed E-state index contributed by atoms with van der Waals surface area (Å²) in [6, 6.07) is 7.61. The van der Waals surface area contributed by atoms with Crippen LogP contribution in [0.1, 0.15) is 45.1 Å². The second-order valence-corrected chi connectivity index (χ2v) is 5.96. The largest absolute Gasteiger partial charge is 0.508 e. The molecule has 0 radical (unpaired) electrons. The molecule has 4 nitrogen and oxygen atoms in total. The second kappa shape index (κ2) is 7.90. The number of phenolic OH excluding ortho intramolecular Hbond substituents is 1. The summed E-state index contributed by atoms with van der Waals surface area (Å²) >= 11 is 0. The lowest BCUT2D eigenvalue weighted by molar-refractivity contribution is -0.138. The maximum Gasteiger partial charge on any atom is 0.293 e. The Kier molecular flexibility index (Phi) is 6.52. The Morgan fingerprint density at radius 1 is 1.40 bits per heavy atom. The molecule has 0 aromatic heterocycles. The maximum absolute atomic E-state index is 9.60. The van der Waals surface area contributed by atoms with Gasteiger partial charge in [0, 0.05) is 6.54 Å². The Balaban J connectivity index is 0.000000246. The Hall–Kier alpha value is -1.55.